The molecule has 1 unspecified atom stereocenters. The summed E-state index contributed by atoms with van der Waals surface area (Å²) in [6.45, 7) is 4.36. The highest BCUT2D eigenvalue weighted by Gasteiger charge is 2.30. The number of rotatable bonds is 4. The Morgan fingerprint density at radius 3 is 2.83 bits per heavy atom. The van der Waals surface area contributed by atoms with Crippen molar-refractivity contribution in [1.29, 1.82) is 0 Å². The van der Waals surface area contributed by atoms with Crippen molar-refractivity contribution in [2.75, 3.05) is 26.2 Å². The third kappa shape index (κ3) is 2.52. The van der Waals surface area contributed by atoms with Crippen molar-refractivity contribution in [3.63, 3.8) is 0 Å². The van der Waals surface area contributed by atoms with Gasteiger partial charge in [-0.1, -0.05) is 0 Å². The number of hydrogen-bond donors (Lipinski definition) is 1. The van der Waals surface area contributed by atoms with E-state index < -0.39 is 0 Å². The summed E-state index contributed by atoms with van der Waals surface area (Å²) in [4.78, 5) is 21.4. The molecule has 0 radical (unpaired) electrons. The maximum Gasteiger partial charge on any atom is 0.224 e. The number of nitrogens with zero attached hydrogens (tertiary/aromatic N) is 2. The molecule has 0 aromatic carbocycles. The second-order valence-electron chi connectivity index (χ2n) is 5.29. The van der Waals surface area contributed by atoms with Crippen molar-refractivity contribution in [3.05, 3.63) is 11.8 Å². The lowest BCUT2D eigenvalue weighted by Gasteiger charge is -2.20. The molecule has 3 aliphatic rings. The molecule has 2 fully saturated rings. The van der Waals surface area contributed by atoms with Crippen molar-refractivity contribution >= 4 is 5.91 Å². The molecule has 3 aliphatic heterocycles. The largest absolute Gasteiger partial charge is 0.311 e. The van der Waals surface area contributed by atoms with Crippen LogP contribution in [0.5, 0.6) is 0 Å². The number of likely N-dealkylation sites (tertiary alicyclic amines) is 2. The number of amides is 1. The molecular weight excluding hydrogens is 230 g/mol. The second kappa shape index (κ2) is 5.28. The Kier molecular flexibility index (Phi) is 3.52. The zero-order chi connectivity index (χ0) is 12.4. The molecular formula is C13H21N3O2. The molecule has 3 heterocycles. The number of carbonyl (C=O) groups is 1. The first-order chi connectivity index (χ1) is 8.83. The number of hydroxylamine groups is 1. The maximum atomic E-state index is 11.6. The van der Waals surface area contributed by atoms with Crippen LogP contribution in [0.2, 0.25) is 0 Å². The highest BCUT2D eigenvalue weighted by molar-refractivity contribution is 5.78. The molecule has 5 heteroatoms. The Morgan fingerprint density at radius 1 is 1.28 bits per heavy atom. The first-order valence-electron chi connectivity index (χ1n) is 6.97. The third-order valence-electron chi connectivity index (χ3n) is 3.97. The van der Waals surface area contributed by atoms with Crippen LogP contribution in [0.15, 0.2) is 11.8 Å². The lowest BCUT2D eigenvalue weighted by molar-refractivity contribution is -0.139. The van der Waals surface area contributed by atoms with E-state index >= 15 is 0 Å². The monoisotopic (exact) mass is 251 g/mol. The summed E-state index contributed by atoms with van der Waals surface area (Å²) >= 11 is 0. The molecule has 1 atom stereocenters. The molecule has 2 saturated heterocycles. The number of carbonyl (C=O) groups excluding carboxylic acids is 1. The van der Waals surface area contributed by atoms with Gasteiger partial charge in [-0.25, -0.2) is 4.84 Å². The van der Waals surface area contributed by atoms with Gasteiger partial charge >= 0.3 is 0 Å². The lowest BCUT2D eigenvalue weighted by atomic mass is 10.2. The van der Waals surface area contributed by atoms with Gasteiger partial charge in [0.15, 0.2) is 6.23 Å². The van der Waals surface area contributed by atoms with Gasteiger partial charge in [-0.3, -0.25) is 10.3 Å². The molecule has 0 aromatic heterocycles. The van der Waals surface area contributed by atoms with Crippen molar-refractivity contribution in [2.24, 2.45) is 0 Å². The highest BCUT2D eigenvalue weighted by atomic mass is 16.7. The van der Waals surface area contributed by atoms with Gasteiger partial charge in [0.1, 0.15) is 0 Å². The van der Waals surface area contributed by atoms with Gasteiger partial charge in [0.25, 0.3) is 0 Å². The molecule has 0 bridgehead atoms. The zero-order valence-electron chi connectivity index (χ0n) is 10.7. The molecule has 0 saturated carbocycles. The Hall–Kier alpha value is -1.07. The molecule has 0 aliphatic carbocycles. The van der Waals surface area contributed by atoms with E-state index in [1.165, 1.54) is 25.9 Å². The average Bonchev–Trinajstić information content (AvgIpc) is 3.07. The average molecular weight is 251 g/mol. The van der Waals surface area contributed by atoms with Crippen LogP contribution in [0, 0.1) is 0 Å². The summed E-state index contributed by atoms with van der Waals surface area (Å²) in [5.74, 6) is 0.207. The van der Waals surface area contributed by atoms with E-state index in [1.807, 2.05) is 4.90 Å². The molecule has 1 amide bonds. The summed E-state index contributed by atoms with van der Waals surface area (Å²) in [6.07, 6.45) is 7.13. The van der Waals surface area contributed by atoms with Crippen molar-refractivity contribution in [1.82, 2.24) is 15.3 Å². The summed E-state index contributed by atoms with van der Waals surface area (Å²) < 4.78 is 0. The van der Waals surface area contributed by atoms with E-state index in [0.717, 1.165) is 31.6 Å². The van der Waals surface area contributed by atoms with Gasteiger partial charge in [-0.05, 0) is 38.4 Å². The topological polar surface area (TPSA) is 44.8 Å². The van der Waals surface area contributed by atoms with Crippen LogP contribution < -0.4 is 5.48 Å². The third-order valence-corrected chi connectivity index (χ3v) is 3.97. The van der Waals surface area contributed by atoms with Gasteiger partial charge in [0.2, 0.25) is 5.91 Å². The standard InChI is InChI=1S/C13H21N3O2/c17-12-4-3-8-16(12)13-10-11(14-18-13)5-9-15-6-1-2-7-15/h10,13-14H,1-9H2. The first kappa shape index (κ1) is 12.0. The van der Waals surface area contributed by atoms with Crippen molar-refractivity contribution in [2.45, 2.75) is 38.3 Å². The molecule has 18 heavy (non-hydrogen) atoms. The van der Waals surface area contributed by atoms with Crippen LogP contribution in [0.4, 0.5) is 0 Å². The lowest BCUT2D eigenvalue weighted by Crippen LogP contribution is -2.36. The van der Waals surface area contributed by atoms with Gasteiger partial charge in [-0.2, -0.15) is 0 Å². The van der Waals surface area contributed by atoms with Crippen LogP contribution in [0.1, 0.15) is 32.1 Å². The minimum atomic E-state index is -0.187. The van der Waals surface area contributed by atoms with Crippen molar-refractivity contribution in [3.8, 4) is 0 Å². The molecule has 100 valence electrons. The first-order valence-corrected chi connectivity index (χ1v) is 6.97. The smallest absolute Gasteiger partial charge is 0.224 e. The van der Waals surface area contributed by atoms with E-state index in [1.54, 1.807) is 0 Å². The summed E-state index contributed by atoms with van der Waals surface area (Å²) in [7, 11) is 0. The minimum Gasteiger partial charge on any atom is -0.311 e. The quantitative estimate of drug-likeness (QED) is 0.804. The van der Waals surface area contributed by atoms with Crippen LogP contribution in [0.3, 0.4) is 0 Å². The Morgan fingerprint density at radius 2 is 2.11 bits per heavy atom. The van der Waals surface area contributed by atoms with E-state index in [9.17, 15) is 4.79 Å². The van der Waals surface area contributed by atoms with Gasteiger partial charge in [-0.15, -0.1) is 0 Å². The predicted molar refractivity (Wildman–Crippen MR) is 67.3 cm³/mol. The van der Waals surface area contributed by atoms with Crippen LogP contribution in [-0.2, 0) is 9.63 Å². The van der Waals surface area contributed by atoms with E-state index in [0.29, 0.717) is 6.42 Å². The normalized spacial score (nSPS) is 28.9. The van der Waals surface area contributed by atoms with Crippen LogP contribution >= 0.6 is 0 Å². The number of nitrogens with one attached hydrogen (secondary N) is 1. The Balaban J connectivity index is 1.50. The minimum absolute atomic E-state index is 0.187. The Bertz CT molecular complexity index is 350. The van der Waals surface area contributed by atoms with E-state index in [4.69, 9.17) is 4.84 Å². The fourth-order valence-electron chi connectivity index (χ4n) is 2.89. The summed E-state index contributed by atoms with van der Waals surface area (Å²) in [5, 5.41) is 0. The van der Waals surface area contributed by atoms with Crippen LogP contribution in [0.25, 0.3) is 0 Å². The van der Waals surface area contributed by atoms with Crippen molar-refractivity contribution < 1.29 is 9.63 Å². The molecule has 5 nitrogen and oxygen atoms in total. The fourth-order valence-corrected chi connectivity index (χ4v) is 2.89. The zero-order valence-corrected chi connectivity index (χ0v) is 10.7. The van der Waals surface area contributed by atoms with Gasteiger partial charge in [0, 0.05) is 31.6 Å². The molecule has 0 aromatic rings. The van der Waals surface area contributed by atoms with Gasteiger partial charge < -0.3 is 9.80 Å². The summed E-state index contributed by atoms with van der Waals surface area (Å²) in [6, 6.07) is 0. The van der Waals surface area contributed by atoms with Crippen LogP contribution in [-0.4, -0.2) is 48.1 Å². The summed E-state index contributed by atoms with van der Waals surface area (Å²) in [5.41, 5.74) is 4.09. The SMILES string of the molecule is O=C1CCCN1C1C=C(CCN2CCCC2)NO1. The highest BCUT2D eigenvalue weighted by Crippen LogP contribution is 2.20. The molecule has 0 spiro atoms. The number of hydrogen-bond acceptors (Lipinski definition) is 4. The van der Waals surface area contributed by atoms with Gasteiger partial charge in [0.05, 0.1) is 0 Å². The Labute approximate surface area is 108 Å². The van der Waals surface area contributed by atoms with E-state index in [-0.39, 0.29) is 12.1 Å². The maximum absolute atomic E-state index is 11.6. The predicted octanol–water partition coefficient (Wildman–Crippen LogP) is 0.840. The molecule has 3 rings (SSSR count). The fraction of sp³-hybridized carbons (Fsp3) is 0.769. The molecule has 1 N–H and O–H groups in total. The van der Waals surface area contributed by atoms with E-state index in [2.05, 4.69) is 16.5 Å². The second-order valence-corrected chi connectivity index (χ2v) is 5.29.